The summed E-state index contributed by atoms with van der Waals surface area (Å²) >= 11 is 0. The normalized spacial score (nSPS) is 19.9. The van der Waals surface area contributed by atoms with Gasteiger partial charge in [0, 0.05) is 56.1 Å². The fourth-order valence-corrected chi connectivity index (χ4v) is 4.23. The first-order chi connectivity index (χ1) is 14.9. The Morgan fingerprint density at radius 1 is 1.03 bits per heavy atom. The van der Waals surface area contributed by atoms with Crippen LogP contribution in [0.2, 0.25) is 0 Å². The zero-order valence-corrected chi connectivity index (χ0v) is 18.5. The number of likely N-dealkylation sites (tertiary alicyclic amines) is 2. The Balaban J connectivity index is 1.27. The van der Waals surface area contributed by atoms with Crippen molar-refractivity contribution in [3.05, 3.63) is 59.9 Å². The van der Waals surface area contributed by atoms with Crippen LogP contribution in [0.5, 0.6) is 0 Å². The number of aromatic nitrogens is 1. The predicted octanol–water partition coefficient (Wildman–Crippen LogP) is 2.98. The third kappa shape index (κ3) is 4.71. The van der Waals surface area contributed by atoms with Crippen LogP contribution in [0.15, 0.2) is 48.8 Å². The van der Waals surface area contributed by atoms with Crippen LogP contribution in [0.4, 0.5) is 10.5 Å². The number of hydrogen-bond acceptors (Lipinski definition) is 4. The molecule has 3 heterocycles. The zero-order valence-electron chi connectivity index (χ0n) is 18.5. The van der Waals surface area contributed by atoms with Gasteiger partial charge in [-0.2, -0.15) is 0 Å². The van der Waals surface area contributed by atoms with E-state index in [0.29, 0.717) is 24.9 Å². The zero-order chi connectivity index (χ0) is 22.0. The maximum absolute atomic E-state index is 12.6. The van der Waals surface area contributed by atoms with Gasteiger partial charge < -0.3 is 15.1 Å². The molecule has 2 atom stereocenters. The second-order valence-corrected chi connectivity index (χ2v) is 8.85. The largest absolute Gasteiger partial charge is 0.341 e. The summed E-state index contributed by atoms with van der Waals surface area (Å²) in [6.45, 7) is 4.93. The van der Waals surface area contributed by atoms with Crippen molar-refractivity contribution >= 4 is 17.6 Å². The quantitative estimate of drug-likeness (QED) is 0.806. The molecule has 31 heavy (non-hydrogen) atoms. The maximum Gasteiger partial charge on any atom is 0.321 e. The van der Waals surface area contributed by atoms with Crippen molar-refractivity contribution in [2.75, 3.05) is 45.6 Å². The van der Waals surface area contributed by atoms with Crippen LogP contribution in [-0.4, -0.2) is 77.9 Å². The summed E-state index contributed by atoms with van der Waals surface area (Å²) in [6, 6.07) is 11.9. The molecule has 0 aliphatic carbocycles. The Morgan fingerprint density at radius 3 is 2.39 bits per heavy atom. The molecular weight excluding hydrogens is 390 g/mol. The number of pyridine rings is 1. The van der Waals surface area contributed by atoms with Gasteiger partial charge in [-0.1, -0.05) is 18.2 Å². The first-order valence-corrected chi connectivity index (χ1v) is 10.9. The highest BCUT2D eigenvalue weighted by Crippen LogP contribution is 2.30. The number of amides is 3. The average Bonchev–Trinajstić information content (AvgIpc) is 3.23. The smallest absolute Gasteiger partial charge is 0.321 e. The highest BCUT2D eigenvalue weighted by Gasteiger charge is 2.32. The lowest BCUT2D eigenvalue weighted by atomic mass is 9.93. The molecule has 1 N–H and O–H groups in total. The topological polar surface area (TPSA) is 68.8 Å². The van der Waals surface area contributed by atoms with Crippen LogP contribution in [0, 0.1) is 0 Å². The second kappa shape index (κ2) is 9.06. The molecule has 164 valence electrons. The molecule has 0 saturated carbocycles. The molecule has 2 aliphatic rings. The van der Waals surface area contributed by atoms with Crippen LogP contribution in [0.1, 0.15) is 36.3 Å². The maximum atomic E-state index is 12.6. The van der Waals surface area contributed by atoms with Crippen molar-refractivity contribution in [2.45, 2.75) is 31.2 Å². The van der Waals surface area contributed by atoms with Crippen molar-refractivity contribution in [1.29, 1.82) is 0 Å². The molecule has 0 bridgehead atoms. The van der Waals surface area contributed by atoms with Gasteiger partial charge in [0.05, 0.1) is 6.04 Å². The van der Waals surface area contributed by atoms with E-state index < -0.39 is 0 Å². The summed E-state index contributed by atoms with van der Waals surface area (Å²) in [6.07, 6.45) is 4.61. The van der Waals surface area contributed by atoms with Crippen molar-refractivity contribution in [3.8, 4) is 0 Å². The average molecular weight is 422 g/mol. The molecule has 0 spiro atoms. The van der Waals surface area contributed by atoms with Gasteiger partial charge in [-0.3, -0.25) is 14.7 Å². The molecule has 2 saturated heterocycles. The molecule has 1 aromatic heterocycles. The van der Waals surface area contributed by atoms with Gasteiger partial charge in [-0.15, -0.1) is 0 Å². The van der Waals surface area contributed by atoms with Gasteiger partial charge in [-0.25, -0.2) is 4.79 Å². The number of nitrogens with zero attached hydrogens (tertiary/aromatic N) is 4. The Morgan fingerprint density at radius 2 is 1.74 bits per heavy atom. The van der Waals surface area contributed by atoms with Crippen molar-refractivity contribution in [3.63, 3.8) is 0 Å². The number of urea groups is 1. The van der Waals surface area contributed by atoms with E-state index in [0.717, 1.165) is 25.2 Å². The van der Waals surface area contributed by atoms with Crippen LogP contribution >= 0.6 is 0 Å². The number of nitrogens with one attached hydrogen (secondary N) is 1. The molecule has 2 aromatic rings. The SMILES string of the molecule is CC(C(=O)N1CCC(c2ccc(NC(=O)N3CC(c4cccnc4)C3)cc2)C1)N(C)C. The van der Waals surface area contributed by atoms with Crippen LogP contribution in [0.3, 0.4) is 0 Å². The van der Waals surface area contributed by atoms with Gasteiger partial charge in [0.1, 0.15) is 0 Å². The lowest BCUT2D eigenvalue weighted by Gasteiger charge is -2.39. The highest BCUT2D eigenvalue weighted by molar-refractivity contribution is 5.90. The van der Waals surface area contributed by atoms with E-state index in [1.807, 2.05) is 60.1 Å². The highest BCUT2D eigenvalue weighted by atomic mass is 16.2. The van der Waals surface area contributed by atoms with E-state index in [4.69, 9.17) is 0 Å². The lowest BCUT2D eigenvalue weighted by molar-refractivity contribution is -0.134. The molecular formula is C24H31N5O2. The van der Waals surface area contributed by atoms with E-state index >= 15 is 0 Å². The van der Waals surface area contributed by atoms with Crippen LogP contribution in [0.25, 0.3) is 0 Å². The standard InChI is InChI=1S/C24H31N5O2/c1-17(27(2)3)23(30)28-12-10-20(14-28)18-6-8-22(9-7-18)26-24(31)29-15-21(16-29)19-5-4-11-25-13-19/h4-9,11,13,17,20-21H,10,12,14-16H2,1-3H3,(H,26,31). The van der Waals surface area contributed by atoms with Crippen LogP contribution in [-0.2, 0) is 4.79 Å². The third-order valence-corrected chi connectivity index (χ3v) is 6.59. The summed E-state index contributed by atoms with van der Waals surface area (Å²) in [7, 11) is 3.87. The minimum atomic E-state index is -0.101. The number of rotatable bonds is 5. The fourth-order valence-electron chi connectivity index (χ4n) is 4.23. The molecule has 4 rings (SSSR count). The first kappa shape index (κ1) is 21.3. The summed E-state index contributed by atoms with van der Waals surface area (Å²) in [5, 5.41) is 2.99. The van der Waals surface area contributed by atoms with Gasteiger partial charge in [-0.05, 0) is 56.8 Å². The van der Waals surface area contributed by atoms with E-state index in [1.165, 1.54) is 11.1 Å². The van der Waals surface area contributed by atoms with E-state index in [1.54, 1.807) is 6.20 Å². The second-order valence-electron chi connectivity index (χ2n) is 8.85. The van der Waals surface area contributed by atoms with E-state index in [-0.39, 0.29) is 18.0 Å². The Bertz CT molecular complexity index is 909. The van der Waals surface area contributed by atoms with Crippen molar-refractivity contribution < 1.29 is 9.59 Å². The Labute approximate surface area is 184 Å². The lowest BCUT2D eigenvalue weighted by Crippen LogP contribution is -2.50. The first-order valence-electron chi connectivity index (χ1n) is 10.9. The van der Waals surface area contributed by atoms with Gasteiger partial charge in [0.25, 0.3) is 0 Å². The van der Waals surface area contributed by atoms with E-state index in [9.17, 15) is 9.59 Å². The summed E-state index contributed by atoms with van der Waals surface area (Å²) < 4.78 is 0. The molecule has 1 aromatic carbocycles. The Kier molecular flexibility index (Phi) is 6.23. The fraction of sp³-hybridized carbons (Fsp3) is 0.458. The number of carbonyl (C=O) groups excluding carboxylic acids is 2. The van der Waals surface area contributed by atoms with Gasteiger partial charge in [0.2, 0.25) is 5.91 Å². The van der Waals surface area contributed by atoms with Crippen molar-refractivity contribution in [2.24, 2.45) is 0 Å². The van der Waals surface area contributed by atoms with Gasteiger partial charge in [0.15, 0.2) is 0 Å². The summed E-state index contributed by atoms with van der Waals surface area (Å²) in [4.78, 5) is 35.0. The number of anilines is 1. The summed E-state index contributed by atoms with van der Waals surface area (Å²) in [5.74, 6) is 0.902. The molecule has 2 aliphatic heterocycles. The number of benzene rings is 1. The number of likely N-dealkylation sites (N-methyl/N-ethyl adjacent to an activating group) is 1. The van der Waals surface area contributed by atoms with Gasteiger partial charge >= 0.3 is 6.03 Å². The molecule has 0 radical (unpaired) electrons. The molecule has 7 heteroatoms. The van der Waals surface area contributed by atoms with Crippen molar-refractivity contribution in [1.82, 2.24) is 19.7 Å². The van der Waals surface area contributed by atoms with Crippen LogP contribution < -0.4 is 5.32 Å². The van der Waals surface area contributed by atoms with E-state index in [2.05, 4.69) is 28.5 Å². The predicted molar refractivity (Wildman–Crippen MR) is 121 cm³/mol. The minimum Gasteiger partial charge on any atom is -0.341 e. The minimum absolute atomic E-state index is 0.0665. The number of hydrogen-bond donors (Lipinski definition) is 1. The molecule has 3 amide bonds. The number of carbonyl (C=O) groups is 2. The molecule has 2 fully saturated rings. The third-order valence-electron chi connectivity index (χ3n) is 6.59. The molecule has 7 nitrogen and oxygen atoms in total. The monoisotopic (exact) mass is 421 g/mol. The molecule has 2 unspecified atom stereocenters. The summed E-state index contributed by atoms with van der Waals surface area (Å²) in [5.41, 5.74) is 3.19. The Hall–Kier alpha value is -2.93.